The number of thioether (sulfide) groups is 1. The van der Waals surface area contributed by atoms with Gasteiger partial charge in [0.1, 0.15) is 18.3 Å². The molecule has 0 spiro atoms. The number of sulfonamides is 1. The van der Waals surface area contributed by atoms with Crippen LogP contribution in [0.15, 0.2) is 113 Å². The Kier molecular flexibility index (Phi) is 12.6. The summed E-state index contributed by atoms with van der Waals surface area (Å²) in [6.45, 7) is 7.16. The number of carbonyl (C=O) groups excluding carboxylic acids is 2. The third-order valence-electron chi connectivity index (χ3n) is 7.40. The second-order valence-corrected chi connectivity index (χ2v) is 15.4. The minimum Gasteiger partial charge on any atom is -0.492 e. The molecule has 4 rings (SSSR count). The monoisotopic (exact) mass is 707 g/mol. The summed E-state index contributed by atoms with van der Waals surface area (Å²) < 4.78 is 35.8. The normalized spacial score (nSPS) is 12.2. The van der Waals surface area contributed by atoms with Crippen molar-refractivity contribution in [2.45, 2.75) is 62.0 Å². The van der Waals surface area contributed by atoms with Crippen molar-refractivity contribution in [2.24, 2.45) is 0 Å². The molecule has 0 radical (unpaired) electrons. The summed E-state index contributed by atoms with van der Waals surface area (Å²) in [5.74, 6) is -0.608. The van der Waals surface area contributed by atoms with Crippen LogP contribution in [0.25, 0.3) is 0 Å². The van der Waals surface area contributed by atoms with Crippen molar-refractivity contribution < 1.29 is 22.7 Å². The first-order valence-corrected chi connectivity index (χ1v) is 18.6. The number of halogens is 1. The zero-order valence-corrected chi connectivity index (χ0v) is 30.2. The molecule has 1 unspecified atom stereocenters. The van der Waals surface area contributed by atoms with Crippen molar-refractivity contribution >= 4 is 50.9 Å². The standard InChI is InChI=1S/C37H42ClN3O5S2/c1-6-46-34-15-11-10-14-32(34)41(48(44,45)31-22-20-30(47-5)21-23-31)26-35(42)40(25-28-16-18-29(38)19-17-28)33(36(43)39-37(2,3)4)24-27-12-8-7-9-13-27/h7-23,33H,6,24-26H2,1-5H3,(H,39,43). The van der Waals surface area contributed by atoms with E-state index in [1.807, 2.05) is 57.4 Å². The van der Waals surface area contributed by atoms with Gasteiger partial charge in [-0.05, 0) is 93.6 Å². The highest BCUT2D eigenvalue weighted by Gasteiger charge is 2.36. The van der Waals surface area contributed by atoms with Crippen molar-refractivity contribution in [3.05, 3.63) is 119 Å². The lowest BCUT2D eigenvalue weighted by atomic mass is 10.0. The minimum atomic E-state index is -4.28. The van der Waals surface area contributed by atoms with Crippen molar-refractivity contribution in [3.63, 3.8) is 0 Å². The number of anilines is 1. The maximum Gasteiger partial charge on any atom is 0.264 e. The predicted octanol–water partition coefficient (Wildman–Crippen LogP) is 7.21. The van der Waals surface area contributed by atoms with Crippen LogP contribution in [0.1, 0.15) is 38.8 Å². The Labute approximate surface area is 293 Å². The van der Waals surface area contributed by atoms with Crippen molar-refractivity contribution in [1.82, 2.24) is 10.2 Å². The third-order valence-corrected chi connectivity index (χ3v) is 10.2. The van der Waals surface area contributed by atoms with Crippen LogP contribution in [0.4, 0.5) is 5.69 Å². The van der Waals surface area contributed by atoms with Gasteiger partial charge in [-0.3, -0.25) is 13.9 Å². The van der Waals surface area contributed by atoms with Gasteiger partial charge in [0.25, 0.3) is 10.0 Å². The fraction of sp³-hybridized carbons (Fsp3) is 0.297. The zero-order chi connectivity index (χ0) is 34.9. The molecule has 0 saturated heterocycles. The predicted molar refractivity (Wildman–Crippen MR) is 194 cm³/mol. The number of para-hydroxylation sites is 2. The molecule has 1 atom stereocenters. The van der Waals surface area contributed by atoms with E-state index in [4.69, 9.17) is 16.3 Å². The van der Waals surface area contributed by atoms with Crippen molar-refractivity contribution in [1.29, 1.82) is 0 Å². The Bertz CT molecular complexity index is 1780. The lowest BCUT2D eigenvalue weighted by Crippen LogP contribution is -2.56. The highest BCUT2D eigenvalue weighted by Crippen LogP contribution is 2.33. The van der Waals surface area contributed by atoms with E-state index in [0.717, 1.165) is 20.3 Å². The van der Waals surface area contributed by atoms with Gasteiger partial charge in [-0.15, -0.1) is 11.8 Å². The largest absolute Gasteiger partial charge is 0.492 e. The molecule has 0 aromatic heterocycles. The second-order valence-electron chi connectivity index (χ2n) is 12.2. The maximum absolute atomic E-state index is 14.7. The fourth-order valence-corrected chi connectivity index (χ4v) is 7.08. The maximum atomic E-state index is 14.7. The van der Waals surface area contributed by atoms with Crippen molar-refractivity contribution in [3.8, 4) is 5.75 Å². The molecular weight excluding hydrogens is 666 g/mol. The Morgan fingerprint density at radius 3 is 2.10 bits per heavy atom. The van der Waals surface area contributed by atoms with Crippen LogP contribution >= 0.6 is 23.4 Å². The van der Waals surface area contributed by atoms with Crippen LogP contribution in [-0.2, 0) is 32.6 Å². The molecule has 254 valence electrons. The van der Waals surface area contributed by atoms with E-state index in [2.05, 4.69) is 5.32 Å². The van der Waals surface area contributed by atoms with Gasteiger partial charge in [0.05, 0.1) is 17.2 Å². The van der Waals surface area contributed by atoms with Crippen LogP contribution in [0.2, 0.25) is 5.02 Å². The molecule has 4 aromatic carbocycles. The molecule has 48 heavy (non-hydrogen) atoms. The average Bonchev–Trinajstić information content (AvgIpc) is 3.06. The van der Waals surface area contributed by atoms with Gasteiger partial charge in [-0.2, -0.15) is 0 Å². The molecule has 0 aliphatic heterocycles. The number of nitrogens with one attached hydrogen (secondary N) is 1. The summed E-state index contributed by atoms with van der Waals surface area (Å²) in [5.41, 5.74) is 1.20. The molecule has 0 aliphatic rings. The number of amides is 2. The zero-order valence-electron chi connectivity index (χ0n) is 27.9. The Morgan fingerprint density at radius 1 is 0.875 bits per heavy atom. The van der Waals surface area contributed by atoms with E-state index in [1.165, 1.54) is 28.8 Å². The third kappa shape index (κ3) is 9.78. The van der Waals surface area contributed by atoms with E-state index >= 15 is 0 Å². The van der Waals surface area contributed by atoms with Crippen LogP contribution in [-0.4, -0.2) is 56.1 Å². The van der Waals surface area contributed by atoms with Gasteiger partial charge in [-0.25, -0.2) is 8.42 Å². The smallest absolute Gasteiger partial charge is 0.264 e. The molecule has 2 amide bonds. The van der Waals surface area contributed by atoms with E-state index in [9.17, 15) is 18.0 Å². The summed E-state index contributed by atoms with van der Waals surface area (Å²) in [6.07, 6.45) is 2.12. The molecule has 4 aromatic rings. The topological polar surface area (TPSA) is 96.0 Å². The molecule has 0 aliphatic carbocycles. The molecular formula is C37H42ClN3O5S2. The van der Waals surface area contributed by atoms with E-state index in [1.54, 1.807) is 67.6 Å². The number of benzene rings is 4. The average molecular weight is 708 g/mol. The van der Waals surface area contributed by atoms with E-state index in [-0.39, 0.29) is 36.1 Å². The van der Waals surface area contributed by atoms with Crippen LogP contribution in [0, 0.1) is 0 Å². The quantitative estimate of drug-likeness (QED) is 0.139. The molecule has 11 heteroatoms. The fourth-order valence-electron chi connectivity index (χ4n) is 5.12. The first-order valence-electron chi connectivity index (χ1n) is 15.6. The molecule has 0 bridgehead atoms. The number of ether oxygens (including phenoxy) is 1. The molecule has 8 nitrogen and oxygen atoms in total. The van der Waals surface area contributed by atoms with Gasteiger partial charge < -0.3 is 15.0 Å². The van der Waals surface area contributed by atoms with Gasteiger partial charge in [0.2, 0.25) is 11.8 Å². The summed E-state index contributed by atoms with van der Waals surface area (Å²) in [4.78, 5) is 31.1. The molecule has 0 fully saturated rings. The molecule has 0 heterocycles. The van der Waals surface area contributed by atoms with Crippen LogP contribution in [0.3, 0.4) is 0 Å². The second kappa shape index (κ2) is 16.4. The summed E-state index contributed by atoms with van der Waals surface area (Å²) in [7, 11) is -4.28. The van der Waals surface area contributed by atoms with E-state index in [0.29, 0.717) is 10.8 Å². The number of rotatable bonds is 14. The summed E-state index contributed by atoms with van der Waals surface area (Å²) in [6, 6.07) is 28.7. The summed E-state index contributed by atoms with van der Waals surface area (Å²) >= 11 is 7.67. The van der Waals surface area contributed by atoms with Gasteiger partial charge >= 0.3 is 0 Å². The number of hydrogen-bond acceptors (Lipinski definition) is 6. The first-order chi connectivity index (χ1) is 22.8. The first kappa shape index (κ1) is 36.8. The van der Waals surface area contributed by atoms with Gasteiger partial charge in [0.15, 0.2) is 0 Å². The Hall–Kier alpha value is -3.99. The van der Waals surface area contributed by atoms with E-state index < -0.39 is 34.1 Å². The molecule has 1 N–H and O–H groups in total. The van der Waals surface area contributed by atoms with Gasteiger partial charge in [-0.1, -0.05) is 66.2 Å². The van der Waals surface area contributed by atoms with Crippen LogP contribution < -0.4 is 14.4 Å². The molecule has 0 saturated carbocycles. The highest BCUT2D eigenvalue weighted by atomic mass is 35.5. The van der Waals surface area contributed by atoms with Crippen LogP contribution in [0.5, 0.6) is 5.75 Å². The summed E-state index contributed by atoms with van der Waals surface area (Å²) in [5, 5.41) is 3.57. The lowest BCUT2D eigenvalue weighted by Gasteiger charge is -2.35. The van der Waals surface area contributed by atoms with Crippen molar-refractivity contribution in [2.75, 3.05) is 23.7 Å². The lowest BCUT2D eigenvalue weighted by molar-refractivity contribution is -0.140. The highest BCUT2D eigenvalue weighted by molar-refractivity contribution is 7.98. The Balaban J connectivity index is 1.85. The SMILES string of the molecule is CCOc1ccccc1N(CC(=O)N(Cc1ccc(Cl)cc1)C(Cc1ccccc1)C(=O)NC(C)(C)C)S(=O)(=O)c1ccc(SC)cc1. The van der Waals surface area contributed by atoms with Gasteiger partial charge in [0, 0.05) is 28.4 Å². The number of hydrogen-bond donors (Lipinski definition) is 1. The number of nitrogens with zero attached hydrogens (tertiary/aromatic N) is 2. The number of carbonyl (C=O) groups is 2. The Morgan fingerprint density at radius 2 is 1.50 bits per heavy atom. The minimum absolute atomic E-state index is 0.0231.